The Morgan fingerprint density at radius 1 is 1.19 bits per heavy atom. The van der Waals surface area contributed by atoms with E-state index in [9.17, 15) is 4.79 Å². The molecule has 1 aliphatic heterocycles. The number of carbonyl (C=O) groups is 1. The summed E-state index contributed by atoms with van der Waals surface area (Å²) in [5.74, 6) is 0.796. The molecule has 2 aliphatic rings. The summed E-state index contributed by atoms with van der Waals surface area (Å²) in [6.45, 7) is 8.17. The Morgan fingerprint density at radius 3 is 2.69 bits per heavy atom. The van der Waals surface area contributed by atoms with E-state index in [1.165, 1.54) is 11.1 Å². The molecule has 1 N–H and O–H groups in total. The zero-order chi connectivity index (χ0) is 22.4. The van der Waals surface area contributed by atoms with E-state index in [2.05, 4.69) is 47.3 Å². The average molecular weight is 433 g/mol. The van der Waals surface area contributed by atoms with Gasteiger partial charge in [-0.2, -0.15) is 0 Å². The van der Waals surface area contributed by atoms with Gasteiger partial charge in [-0.05, 0) is 68.5 Å². The van der Waals surface area contributed by atoms with Crippen LogP contribution in [-0.4, -0.2) is 40.3 Å². The van der Waals surface area contributed by atoms with Crippen molar-refractivity contribution < 1.29 is 19.2 Å². The van der Waals surface area contributed by atoms with Crippen LogP contribution in [0, 0.1) is 12.8 Å². The van der Waals surface area contributed by atoms with Crippen LogP contribution in [0.15, 0.2) is 40.9 Å². The lowest BCUT2D eigenvalue weighted by Crippen LogP contribution is -2.49. The van der Waals surface area contributed by atoms with Gasteiger partial charge in [-0.15, -0.1) is 0 Å². The first-order chi connectivity index (χ1) is 15.4. The highest BCUT2D eigenvalue weighted by molar-refractivity contribution is 5.78. The molecular formula is C26H28N2O4. The van der Waals surface area contributed by atoms with Crippen LogP contribution in [0.25, 0.3) is 22.6 Å². The van der Waals surface area contributed by atoms with Gasteiger partial charge in [-0.1, -0.05) is 23.4 Å². The van der Waals surface area contributed by atoms with Gasteiger partial charge < -0.3 is 14.4 Å². The minimum absolute atomic E-state index is 0.138. The van der Waals surface area contributed by atoms with Gasteiger partial charge in [0.25, 0.3) is 0 Å². The number of hydrogen-bond acceptors (Lipinski definition) is 5. The van der Waals surface area contributed by atoms with Crippen LogP contribution in [0.3, 0.4) is 0 Å². The second-order valence-electron chi connectivity index (χ2n) is 9.20. The van der Waals surface area contributed by atoms with E-state index in [4.69, 9.17) is 14.4 Å². The molecule has 0 spiro atoms. The van der Waals surface area contributed by atoms with Crippen molar-refractivity contribution in [3.8, 4) is 28.3 Å². The van der Waals surface area contributed by atoms with E-state index < -0.39 is 5.97 Å². The monoisotopic (exact) mass is 432 g/mol. The van der Waals surface area contributed by atoms with Gasteiger partial charge in [0.15, 0.2) is 5.76 Å². The predicted molar refractivity (Wildman–Crippen MR) is 122 cm³/mol. The lowest BCUT2D eigenvalue weighted by Gasteiger charge is -2.36. The van der Waals surface area contributed by atoms with Crippen LogP contribution in [0.4, 0.5) is 0 Å². The molecular weight excluding hydrogens is 404 g/mol. The number of nitrogens with zero attached hydrogens (tertiary/aromatic N) is 2. The molecule has 5 rings (SSSR count). The molecule has 0 saturated carbocycles. The van der Waals surface area contributed by atoms with Crippen LogP contribution >= 0.6 is 0 Å². The van der Waals surface area contributed by atoms with Crippen LogP contribution < -0.4 is 4.74 Å². The van der Waals surface area contributed by atoms with Crippen molar-refractivity contribution in [3.05, 3.63) is 58.7 Å². The predicted octanol–water partition coefficient (Wildman–Crippen LogP) is 4.72. The van der Waals surface area contributed by atoms with Crippen molar-refractivity contribution in [1.82, 2.24) is 10.1 Å². The van der Waals surface area contributed by atoms with Crippen LogP contribution in [0.1, 0.15) is 36.1 Å². The summed E-state index contributed by atoms with van der Waals surface area (Å²) in [4.78, 5) is 13.2. The van der Waals surface area contributed by atoms with Crippen molar-refractivity contribution in [2.75, 3.05) is 13.1 Å². The molecule has 0 bridgehead atoms. The zero-order valence-corrected chi connectivity index (χ0v) is 18.7. The lowest BCUT2D eigenvalue weighted by atomic mass is 9.86. The fraction of sp³-hybridized carbons (Fsp3) is 0.385. The Balaban J connectivity index is 1.37. The molecule has 0 amide bonds. The van der Waals surface area contributed by atoms with Gasteiger partial charge >= 0.3 is 5.97 Å². The molecule has 166 valence electrons. The molecule has 2 heterocycles. The standard InChI is InChI=1S/C26H28N2O4/c1-15(2)31-20-6-9-21(16(3)10-20)25-23-8-5-18-11-17(4-7-22(18)24(23)27-32-25)12-28-13-19(14-28)26(29)30/h4,6-7,9-11,15,19H,5,8,12-14H2,1-3H3,(H,29,30). The Hall–Kier alpha value is -3.12. The highest BCUT2D eigenvalue weighted by Gasteiger charge is 2.32. The minimum Gasteiger partial charge on any atom is -0.491 e. The number of benzene rings is 2. The quantitative estimate of drug-likeness (QED) is 0.608. The highest BCUT2D eigenvalue weighted by Crippen LogP contribution is 2.40. The van der Waals surface area contributed by atoms with Gasteiger partial charge in [0.05, 0.1) is 12.0 Å². The van der Waals surface area contributed by atoms with Crippen molar-refractivity contribution in [3.63, 3.8) is 0 Å². The van der Waals surface area contributed by atoms with Crippen molar-refractivity contribution in [2.24, 2.45) is 5.92 Å². The molecule has 3 aromatic rings. The fourth-order valence-electron chi connectivity index (χ4n) is 4.76. The number of ether oxygens (including phenoxy) is 1. The molecule has 1 aromatic heterocycles. The number of hydrogen-bond donors (Lipinski definition) is 1. The topological polar surface area (TPSA) is 75.8 Å². The van der Waals surface area contributed by atoms with Gasteiger partial charge in [0.1, 0.15) is 11.4 Å². The number of aromatic nitrogens is 1. The van der Waals surface area contributed by atoms with Gasteiger partial charge in [0.2, 0.25) is 0 Å². The van der Waals surface area contributed by atoms with E-state index in [1.807, 2.05) is 19.9 Å². The Labute approximate surface area is 187 Å². The number of aliphatic carboxylic acids is 1. The van der Waals surface area contributed by atoms with E-state index in [0.29, 0.717) is 13.1 Å². The maximum atomic E-state index is 11.0. The number of likely N-dealkylation sites (tertiary alicyclic amines) is 1. The molecule has 0 unspecified atom stereocenters. The molecule has 0 radical (unpaired) electrons. The molecule has 32 heavy (non-hydrogen) atoms. The number of rotatable bonds is 6. The lowest BCUT2D eigenvalue weighted by molar-refractivity contribution is -0.147. The normalized spacial score (nSPS) is 15.9. The second kappa shape index (κ2) is 8.10. The smallest absolute Gasteiger partial charge is 0.309 e. The third-order valence-electron chi connectivity index (χ3n) is 6.38. The van der Waals surface area contributed by atoms with Crippen molar-refractivity contribution in [2.45, 2.75) is 46.3 Å². The molecule has 6 heteroatoms. The summed E-state index contributed by atoms with van der Waals surface area (Å²) in [6, 6.07) is 12.6. The van der Waals surface area contributed by atoms with E-state index in [1.54, 1.807) is 0 Å². The SMILES string of the molecule is Cc1cc(OC(C)C)ccc1-c1onc2c1CCc1cc(CN3CC(C(=O)O)C3)ccc1-2. The molecule has 1 fully saturated rings. The molecule has 0 atom stereocenters. The average Bonchev–Trinajstić information content (AvgIpc) is 3.13. The first-order valence-corrected chi connectivity index (χ1v) is 11.2. The maximum Gasteiger partial charge on any atom is 0.309 e. The summed E-state index contributed by atoms with van der Waals surface area (Å²) in [6.07, 6.45) is 1.97. The van der Waals surface area contributed by atoms with E-state index in [-0.39, 0.29) is 12.0 Å². The minimum atomic E-state index is -0.696. The number of fused-ring (bicyclic) bond motifs is 3. The van der Waals surface area contributed by atoms with Crippen LogP contribution in [-0.2, 0) is 24.2 Å². The van der Waals surface area contributed by atoms with Gasteiger partial charge in [0, 0.05) is 36.3 Å². The Morgan fingerprint density at radius 2 is 1.97 bits per heavy atom. The number of carboxylic acid groups (broad SMARTS) is 1. The fourth-order valence-corrected chi connectivity index (χ4v) is 4.76. The Bertz CT molecular complexity index is 1170. The summed E-state index contributed by atoms with van der Waals surface area (Å²) in [5.41, 5.74) is 7.90. The largest absolute Gasteiger partial charge is 0.491 e. The third-order valence-corrected chi connectivity index (χ3v) is 6.38. The van der Waals surface area contributed by atoms with Gasteiger partial charge in [-0.3, -0.25) is 9.69 Å². The highest BCUT2D eigenvalue weighted by atomic mass is 16.5. The maximum absolute atomic E-state index is 11.0. The van der Waals surface area contributed by atoms with E-state index >= 15 is 0 Å². The zero-order valence-electron chi connectivity index (χ0n) is 18.7. The third kappa shape index (κ3) is 3.79. The van der Waals surface area contributed by atoms with Crippen molar-refractivity contribution in [1.29, 1.82) is 0 Å². The summed E-state index contributed by atoms with van der Waals surface area (Å²) < 4.78 is 11.7. The second-order valence-corrected chi connectivity index (χ2v) is 9.20. The molecule has 1 aliphatic carbocycles. The van der Waals surface area contributed by atoms with E-state index in [0.717, 1.165) is 58.8 Å². The summed E-state index contributed by atoms with van der Waals surface area (Å²) in [5, 5.41) is 13.5. The first-order valence-electron chi connectivity index (χ1n) is 11.2. The number of aryl methyl sites for hydroxylation is 2. The van der Waals surface area contributed by atoms with Gasteiger partial charge in [-0.25, -0.2) is 0 Å². The molecule has 2 aromatic carbocycles. The summed E-state index contributed by atoms with van der Waals surface area (Å²) in [7, 11) is 0. The van der Waals surface area contributed by atoms with Crippen molar-refractivity contribution >= 4 is 5.97 Å². The first kappa shape index (κ1) is 20.8. The van der Waals surface area contributed by atoms with Crippen LogP contribution in [0.5, 0.6) is 5.75 Å². The molecule has 6 nitrogen and oxygen atoms in total. The Kier molecular flexibility index (Phi) is 5.25. The molecule has 1 saturated heterocycles. The van der Waals surface area contributed by atoms with Crippen LogP contribution in [0.2, 0.25) is 0 Å². The number of carboxylic acids is 1. The summed E-state index contributed by atoms with van der Waals surface area (Å²) >= 11 is 0.